The smallest absolute Gasteiger partial charge is 0.0966 e. The third kappa shape index (κ3) is 2.12. The number of pyridine rings is 1. The van der Waals surface area contributed by atoms with Crippen molar-refractivity contribution in [3.8, 4) is 11.1 Å². The van der Waals surface area contributed by atoms with Crippen LogP contribution in [0.5, 0.6) is 0 Å². The molecular weight excluding hydrogens is 282 g/mol. The third-order valence-corrected chi connectivity index (χ3v) is 3.67. The average molecular weight is 292 g/mol. The normalized spacial score (nSPS) is 11.1. The van der Waals surface area contributed by atoms with E-state index in [-0.39, 0.29) is 0 Å². The van der Waals surface area contributed by atoms with E-state index in [1.54, 1.807) is 18.6 Å². The van der Waals surface area contributed by atoms with E-state index >= 15 is 0 Å². The summed E-state index contributed by atoms with van der Waals surface area (Å²) in [6.45, 7) is 0. The number of rotatable bonds is 1. The zero-order valence-corrected chi connectivity index (χ0v) is 11.7. The fourth-order valence-corrected chi connectivity index (χ4v) is 2.72. The standard InChI is InChI=1S/C17H10ClN3/c18-13-9-14(17-16(10-13)20-6-7-21-17)11-3-4-15-12(8-11)2-1-5-19-15/h1-10H. The van der Waals surface area contributed by atoms with Crippen molar-refractivity contribution in [2.75, 3.05) is 0 Å². The van der Waals surface area contributed by atoms with Crippen molar-refractivity contribution < 1.29 is 0 Å². The number of nitrogens with zero attached hydrogens (tertiary/aromatic N) is 3. The molecule has 0 aliphatic rings. The van der Waals surface area contributed by atoms with Crippen molar-refractivity contribution in [2.45, 2.75) is 0 Å². The van der Waals surface area contributed by atoms with Crippen LogP contribution in [0.15, 0.2) is 61.1 Å². The lowest BCUT2D eigenvalue weighted by atomic mass is 10.0. The summed E-state index contributed by atoms with van der Waals surface area (Å²) >= 11 is 6.21. The maximum atomic E-state index is 6.21. The Morgan fingerprint density at radius 3 is 2.57 bits per heavy atom. The summed E-state index contributed by atoms with van der Waals surface area (Å²) in [6.07, 6.45) is 5.16. The number of aromatic nitrogens is 3. The largest absolute Gasteiger partial charge is 0.256 e. The monoisotopic (exact) mass is 291 g/mol. The molecule has 0 spiro atoms. The van der Waals surface area contributed by atoms with E-state index in [1.807, 2.05) is 36.4 Å². The third-order valence-electron chi connectivity index (χ3n) is 3.45. The highest BCUT2D eigenvalue weighted by atomic mass is 35.5. The lowest BCUT2D eigenvalue weighted by molar-refractivity contribution is 1.29. The van der Waals surface area contributed by atoms with Gasteiger partial charge in [-0.15, -0.1) is 0 Å². The van der Waals surface area contributed by atoms with E-state index in [0.717, 1.165) is 33.1 Å². The molecule has 0 bridgehead atoms. The first-order chi connectivity index (χ1) is 10.3. The molecule has 2 aromatic heterocycles. The minimum Gasteiger partial charge on any atom is -0.256 e. The first kappa shape index (κ1) is 12.2. The average Bonchev–Trinajstić information content (AvgIpc) is 2.53. The molecule has 0 amide bonds. The number of halogens is 1. The topological polar surface area (TPSA) is 38.7 Å². The molecule has 0 radical (unpaired) electrons. The molecule has 0 aliphatic carbocycles. The van der Waals surface area contributed by atoms with Crippen LogP contribution in [0.4, 0.5) is 0 Å². The summed E-state index contributed by atoms with van der Waals surface area (Å²) in [4.78, 5) is 13.1. The molecule has 0 saturated heterocycles. The summed E-state index contributed by atoms with van der Waals surface area (Å²) in [5.41, 5.74) is 4.66. The minimum absolute atomic E-state index is 0.657. The maximum absolute atomic E-state index is 6.21. The second kappa shape index (κ2) is 4.79. The molecule has 3 nitrogen and oxygen atoms in total. The lowest BCUT2D eigenvalue weighted by Gasteiger charge is -2.07. The zero-order valence-electron chi connectivity index (χ0n) is 11.0. The van der Waals surface area contributed by atoms with Gasteiger partial charge in [0.15, 0.2) is 0 Å². The Kier molecular flexibility index (Phi) is 2.79. The molecule has 4 aromatic rings. The Labute approximate surface area is 126 Å². The Hall–Kier alpha value is -2.52. The van der Waals surface area contributed by atoms with Gasteiger partial charge in [-0.2, -0.15) is 0 Å². The van der Waals surface area contributed by atoms with Gasteiger partial charge in [-0.1, -0.05) is 23.7 Å². The first-order valence-electron chi connectivity index (χ1n) is 6.57. The van der Waals surface area contributed by atoms with Crippen LogP contribution < -0.4 is 0 Å². The molecule has 0 atom stereocenters. The number of hydrogen-bond donors (Lipinski definition) is 0. The molecule has 0 aliphatic heterocycles. The molecule has 2 aromatic carbocycles. The number of fused-ring (bicyclic) bond motifs is 2. The van der Waals surface area contributed by atoms with Crippen LogP contribution in [-0.2, 0) is 0 Å². The van der Waals surface area contributed by atoms with Gasteiger partial charge >= 0.3 is 0 Å². The van der Waals surface area contributed by atoms with Gasteiger partial charge in [0, 0.05) is 34.6 Å². The van der Waals surface area contributed by atoms with Crippen LogP contribution in [0, 0.1) is 0 Å². The quantitative estimate of drug-likeness (QED) is 0.518. The molecular formula is C17H10ClN3. The van der Waals surface area contributed by atoms with Crippen molar-refractivity contribution in [3.05, 3.63) is 66.1 Å². The molecule has 2 heterocycles. The van der Waals surface area contributed by atoms with E-state index in [9.17, 15) is 0 Å². The minimum atomic E-state index is 0.657. The Balaban J connectivity index is 2.03. The van der Waals surface area contributed by atoms with Crippen LogP contribution in [-0.4, -0.2) is 15.0 Å². The molecule has 0 N–H and O–H groups in total. The summed E-state index contributed by atoms with van der Waals surface area (Å²) in [5, 5.41) is 1.75. The SMILES string of the molecule is Clc1cc(-c2ccc3ncccc3c2)c2nccnc2c1. The number of benzene rings is 2. The van der Waals surface area contributed by atoms with E-state index < -0.39 is 0 Å². The highest BCUT2D eigenvalue weighted by Gasteiger charge is 2.08. The Morgan fingerprint density at radius 1 is 0.762 bits per heavy atom. The lowest BCUT2D eigenvalue weighted by Crippen LogP contribution is -1.88. The van der Waals surface area contributed by atoms with Crippen molar-refractivity contribution >= 4 is 33.5 Å². The predicted octanol–water partition coefficient (Wildman–Crippen LogP) is 4.50. The van der Waals surface area contributed by atoms with Crippen LogP contribution in [0.3, 0.4) is 0 Å². The zero-order chi connectivity index (χ0) is 14.2. The first-order valence-corrected chi connectivity index (χ1v) is 6.94. The fraction of sp³-hybridized carbons (Fsp3) is 0. The summed E-state index contributed by atoms with van der Waals surface area (Å²) in [7, 11) is 0. The predicted molar refractivity (Wildman–Crippen MR) is 85.3 cm³/mol. The van der Waals surface area contributed by atoms with Gasteiger partial charge in [-0.05, 0) is 35.9 Å². The van der Waals surface area contributed by atoms with E-state index in [2.05, 4.69) is 21.0 Å². The fourth-order valence-electron chi connectivity index (χ4n) is 2.50. The Morgan fingerprint density at radius 2 is 1.62 bits per heavy atom. The van der Waals surface area contributed by atoms with Gasteiger partial charge in [0.2, 0.25) is 0 Å². The Bertz CT molecular complexity index is 966. The van der Waals surface area contributed by atoms with E-state index in [4.69, 9.17) is 11.6 Å². The van der Waals surface area contributed by atoms with Crippen molar-refractivity contribution in [2.24, 2.45) is 0 Å². The van der Waals surface area contributed by atoms with Crippen LogP contribution >= 0.6 is 11.6 Å². The second-order valence-corrected chi connectivity index (χ2v) is 5.22. The van der Waals surface area contributed by atoms with Gasteiger partial charge in [0.1, 0.15) is 0 Å². The summed E-state index contributed by atoms with van der Waals surface area (Å²) < 4.78 is 0. The van der Waals surface area contributed by atoms with Crippen LogP contribution in [0.2, 0.25) is 5.02 Å². The molecule has 100 valence electrons. The molecule has 4 rings (SSSR count). The molecule has 0 unspecified atom stereocenters. The highest BCUT2D eigenvalue weighted by Crippen LogP contribution is 2.31. The number of hydrogen-bond acceptors (Lipinski definition) is 3. The van der Waals surface area contributed by atoms with E-state index in [1.165, 1.54) is 0 Å². The van der Waals surface area contributed by atoms with Gasteiger partial charge in [-0.25, -0.2) is 0 Å². The summed E-state index contributed by atoms with van der Waals surface area (Å²) in [6, 6.07) is 13.9. The van der Waals surface area contributed by atoms with Gasteiger partial charge < -0.3 is 0 Å². The van der Waals surface area contributed by atoms with Gasteiger partial charge in [0.05, 0.1) is 16.6 Å². The van der Waals surface area contributed by atoms with Gasteiger partial charge in [0.25, 0.3) is 0 Å². The van der Waals surface area contributed by atoms with Gasteiger partial charge in [-0.3, -0.25) is 15.0 Å². The van der Waals surface area contributed by atoms with Crippen LogP contribution in [0.25, 0.3) is 33.1 Å². The van der Waals surface area contributed by atoms with Crippen molar-refractivity contribution in [3.63, 3.8) is 0 Å². The highest BCUT2D eigenvalue weighted by molar-refractivity contribution is 6.31. The molecule has 21 heavy (non-hydrogen) atoms. The van der Waals surface area contributed by atoms with Crippen molar-refractivity contribution in [1.82, 2.24) is 15.0 Å². The maximum Gasteiger partial charge on any atom is 0.0966 e. The van der Waals surface area contributed by atoms with Crippen LogP contribution in [0.1, 0.15) is 0 Å². The molecule has 0 saturated carbocycles. The van der Waals surface area contributed by atoms with Crippen molar-refractivity contribution in [1.29, 1.82) is 0 Å². The molecule has 0 fully saturated rings. The molecule has 4 heteroatoms. The van der Waals surface area contributed by atoms with E-state index in [0.29, 0.717) is 5.02 Å². The second-order valence-electron chi connectivity index (χ2n) is 4.79. The summed E-state index contributed by atoms with van der Waals surface area (Å²) in [5.74, 6) is 0.